The number of fused-ring (bicyclic) bond motifs is 2. The van der Waals surface area contributed by atoms with Crippen LogP contribution in [0.5, 0.6) is 0 Å². The van der Waals surface area contributed by atoms with E-state index in [1.807, 2.05) is 40.4 Å². The van der Waals surface area contributed by atoms with E-state index in [4.69, 9.17) is 4.98 Å². The monoisotopic (exact) mass is 467 g/mol. The molecule has 7 nitrogen and oxygen atoms in total. The van der Waals surface area contributed by atoms with Crippen LogP contribution in [-0.4, -0.2) is 43.7 Å². The van der Waals surface area contributed by atoms with Gasteiger partial charge in [-0.2, -0.15) is 0 Å². The second-order valence-corrected chi connectivity index (χ2v) is 11.1. The van der Waals surface area contributed by atoms with Gasteiger partial charge in [0.25, 0.3) is 0 Å². The van der Waals surface area contributed by atoms with Gasteiger partial charge in [0.1, 0.15) is 6.04 Å². The van der Waals surface area contributed by atoms with Gasteiger partial charge in [0.2, 0.25) is 11.8 Å². The van der Waals surface area contributed by atoms with E-state index in [1.165, 1.54) is 11.3 Å². The van der Waals surface area contributed by atoms with Crippen molar-refractivity contribution in [3.05, 3.63) is 46.7 Å². The quantitative estimate of drug-likeness (QED) is 0.480. The van der Waals surface area contributed by atoms with Crippen LogP contribution in [-0.2, 0) is 21.4 Å². The van der Waals surface area contributed by atoms with Gasteiger partial charge in [0.05, 0.1) is 27.3 Å². The summed E-state index contributed by atoms with van der Waals surface area (Å²) in [6.45, 7) is 7.03. The zero-order valence-electron chi connectivity index (χ0n) is 18.3. The Hall–Kier alpha value is -2.78. The van der Waals surface area contributed by atoms with E-state index in [2.05, 4.69) is 31.1 Å². The van der Waals surface area contributed by atoms with Crippen LogP contribution in [0.4, 0.5) is 5.69 Å². The Morgan fingerprint density at radius 2 is 2.09 bits per heavy atom. The van der Waals surface area contributed by atoms with E-state index in [0.29, 0.717) is 13.0 Å². The van der Waals surface area contributed by atoms with Gasteiger partial charge in [-0.3, -0.25) is 14.0 Å². The fourth-order valence-corrected chi connectivity index (χ4v) is 5.79. The van der Waals surface area contributed by atoms with Gasteiger partial charge in [-0.25, -0.2) is 9.97 Å². The summed E-state index contributed by atoms with van der Waals surface area (Å²) in [5.74, 6) is -0.192. The third kappa shape index (κ3) is 4.02. The largest absolute Gasteiger partial charge is 0.330 e. The maximum atomic E-state index is 13.0. The van der Waals surface area contributed by atoms with Gasteiger partial charge < -0.3 is 10.2 Å². The Labute approximate surface area is 194 Å². The van der Waals surface area contributed by atoms with Crippen molar-refractivity contribution in [3.63, 3.8) is 0 Å². The van der Waals surface area contributed by atoms with Gasteiger partial charge >= 0.3 is 0 Å². The summed E-state index contributed by atoms with van der Waals surface area (Å²) in [6.07, 6.45) is 5.51. The highest BCUT2D eigenvalue weighted by molar-refractivity contribution is 7.18. The van der Waals surface area contributed by atoms with Crippen molar-refractivity contribution in [3.8, 4) is 0 Å². The predicted octanol–water partition coefficient (Wildman–Crippen LogP) is 4.48. The van der Waals surface area contributed by atoms with Crippen LogP contribution >= 0.6 is 22.7 Å². The molecule has 4 heterocycles. The second kappa shape index (κ2) is 7.97. The first-order valence-electron chi connectivity index (χ1n) is 10.7. The molecule has 1 saturated heterocycles. The number of rotatable bonds is 4. The van der Waals surface area contributed by atoms with Gasteiger partial charge in [-0.05, 0) is 31.0 Å². The number of nitrogens with one attached hydrogen (secondary N) is 1. The normalized spacial score (nSPS) is 16.8. The molecule has 1 aliphatic heterocycles. The minimum atomic E-state index is -0.450. The fourth-order valence-electron chi connectivity index (χ4n) is 4.00. The minimum absolute atomic E-state index is 0.0119. The molecule has 0 saturated carbocycles. The minimum Gasteiger partial charge on any atom is -0.330 e. The molecule has 2 amide bonds. The number of imidazole rings is 1. The zero-order chi connectivity index (χ0) is 22.5. The van der Waals surface area contributed by atoms with Gasteiger partial charge in [-0.1, -0.05) is 20.8 Å². The number of hydrogen-bond donors (Lipinski definition) is 1. The number of carbonyl (C=O) groups excluding carboxylic acids is 2. The van der Waals surface area contributed by atoms with Crippen molar-refractivity contribution in [2.45, 2.75) is 51.5 Å². The van der Waals surface area contributed by atoms with E-state index in [-0.39, 0.29) is 23.7 Å². The van der Waals surface area contributed by atoms with Gasteiger partial charge in [0.15, 0.2) is 4.96 Å². The molecule has 3 aromatic heterocycles. The van der Waals surface area contributed by atoms with E-state index in [1.54, 1.807) is 16.2 Å². The Morgan fingerprint density at radius 1 is 1.25 bits per heavy atom. The molecule has 1 atom stereocenters. The maximum absolute atomic E-state index is 13.0. The van der Waals surface area contributed by atoms with E-state index in [0.717, 1.165) is 38.0 Å². The smallest absolute Gasteiger partial charge is 0.247 e. The number of carbonyl (C=O) groups is 2. The lowest BCUT2D eigenvalue weighted by Crippen LogP contribution is -2.43. The summed E-state index contributed by atoms with van der Waals surface area (Å²) in [5.41, 5.74) is 2.40. The van der Waals surface area contributed by atoms with E-state index < -0.39 is 6.04 Å². The number of hydrogen-bond acceptors (Lipinski definition) is 6. The first-order chi connectivity index (χ1) is 15.3. The molecular formula is C23H25N5O2S2. The van der Waals surface area contributed by atoms with Crippen LogP contribution in [0.2, 0.25) is 0 Å². The molecule has 1 N–H and O–H groups in total. The highest BCUT2D eigenvalue weighted by Gasteiger charge is 2.34. The molecule has 1 aliphatic rings. The Kier molecular flexibility index (Phi) is 5.25. The third-order valence-electron chi connectivity index (χ3n) is 5.65. The molecule has 0 radical (unpaired) electrons. The highest BCUT2D eigenvalue weighted by atomic mass is 32.1. The summed E-state index contributed by atoms with van der Waals surface area (Å²) >= 11 is 3.19. The molecule has 9 heteroatoms. The van der Waals surface area contributed by atoms with Crippen molar-refractivity contribution < 1.29 is 9.59 Å². The lowest BCUT2D eigenvalue weighted by Gasteiger charge is -2.23. The zero-order valence-corrected chi connectivity index (χ0v) is 19.9. The molecular weight excluding hydrogens is 442 g/mol. The maximum Gasteiger partial charge on any atom is 0.247 e. The van der Waals surface area contributed by atoms with Gasteiger partial charge in [0, 0.05) is 35.4 Å². The number of thiazole rings is 2. The molecule has 1 aromatic carbocycles. The van der Waals surface area contributed by atoms with Crippen LogP contribution in [0, 0.1) is 0 Å². The molecule has 1 fully saturated rings. The first kappa shape index (κ1) is 21.1. The van der Waals surface area contributed by atoms with E-state index >= 15 is 0 Å². The Balaban J connectivity index is 1.28. The Bertz CT molecular complexity index is 1280. The van der Waals surface area contributed by atoms with Crippen LogP contribution in [0.25, 0.3) is 15.2 Å². The topological polar surface area (TPSA) is 79.6 Å². The number of amides is 2. The second-order valence-electron chi connectivity index (χ2n) is 9.19. The van der Waals surface area contributed by atoms with Crippen LogP contribution in [0.3, 0.4) is 0 Å². The summed E-state index contributed by atoms with van der Waals surface area (Å²) in [6, 6.07) is 5.34. The molecule has 0 spiro atoms. The number of likely N-dealkylation sites (tertiary alicyclic amines) is 1. The molecule has 166 valence electrons. The summed E-state index contributed by atoms with van der Waals surface area (Å²) < 4.78 is 2.97. The molecule has 0 bridgehead atoms. The highest BCUT2D eigenvalue weighted by Crippen LogP contribution is 2.32. The average Bonchev–Trinajstić information content (AvgIpc) is 3.49. The summed E-state index contributed by atoms with van der Waals surface area (Å²) in [7, 11) is 0. The molecule has 0 aliphatic carbocycles. The number of benzene rings is 1. The van der Waals surface area contributed by atoms with Crippen molar-refractivity contribution in [1.29, 1.82) is 0 Å². The SMILES string of the molecule is CC(C)(C)c1nc2ccc(NC(=O)C3CCCN3C(=O)Cc3cn4ccsc4n3)cc2s1. The fraction of sp³-hybridized carbons (Fsp3) is 0.391. The third-order valence-corrected chi connectivity index (χ3v) is 7.86. The van der Waals surface area contributed by atoms with Crippen molar-refractivity contribution in [2.24, 2.45) is 0 Å². The molecule has 1 unspecified atom stereocenters. The number of aromatic nitrogens is 3. The van der Waals surface area contributed by atoms with Crippen molar-refractivity contribution >= 4 is 55.4 Å². The number of anilines is 1. The number of nitrogens with zero attached hydrogens (tertiary/aromatic N) is 4. The van der Waals surface area contributed by atoms with E-state index in [9.17, 15) is 9.59 Å². The standard InChI is InChI=1S/C23H25N5O2S2/c1-23(2,3)21-26-16-7-6-14(11-18(16)32-21)24-20(30)17-5-4-8-28(17)19(29)12-15-13-27-9-10-31-22(27)25-15/h6-7,9-11,13,17H,4-5,8,12H2,1-3H3,(H,24,30). The van der Waals surface area contributed by atoms with Crippen molar-refractivity contribution in [1.82, 2.24) is 19.3 Å². The van der Waals surface area contributed by atoms with Crippen LogP contribution in [0.1, 0.15) is 44.3 Å². The van der Waals surface area contributed by atoms with Crippen LogP contribution < -0.4 is 5.32 Å². The van der Waals surface area contributed by atoms with Crippen LogP contribution in [0.15, 0.2) is 36.0 Å². The lowest BCUT2D eigenvalue weighted by atomic mass is 9.98. The van der Waals surface area contributed by atoms with Crippen molar-refractivity contribution in [2.75, 3.05) is 11.9 Å². The Morgan fingerprint density at radius 3 is 2.88 bits per heavy atom. The predicted molar refractivity (Wildman–Crippen MR) is 128 cm³/mol. The molecule has 5 rings (SSSR count). The molecule has 32 heavy (non-hydrogen) atoms. The van der Waals surface area contributed by atoms with Gasteiger partial charge in [-0.15, -0.1) is 22.7 Å². The lowest BCUT2D eigenvalue weighted by molar-refractivity contribution is -0.136. The molecule has 4 aromatic rings. The average molecular weight is 468 g/mol. The summed E-state index contributed by atoms with van der Waals surface area (Å²) in [5, 5.41) is 6.05. The summed E-state index contributed by atoms with van der Waals surface area (Å²) in [4.78, 5) is 37.8. The first-order valence-corrected chi connectivity index (χ1v) is 12.4.